The minimum absolute atomic E-state index is 0.00845. The third kappa shape index (κ3) is 4.70. The molecule has 3 N–H and O–H groups in total. The van der Waals surface area contributed by atoms with Crippen LogP contribution in [0.4, 0.5) is 0 Å². The summed E-state index contributed by atoms with van der Waals surface area (Å²) in [6.45, 7) is 4.80. The number of carboxylic acid groups (broad SMARTS) is 1. The van der Waals surface area contributed by atoms with Gasteiger partial charge in [0, 0.05) is 17.7 Å². The lowest BCUT2D eigenvalue weighted by Crippen LogP contribution is -2.57. The van der Waals surface area contributed by atoms with E-state index in [2.05, 4.69) is 31.3 Å². The Morgan fingerprint density at radius 2 is 2.12 bits per heavy atom. The average Bonchev–Trinajstić information content (AvgIpc) is 3.36. The number of benzene rings is 1. The highest BCUT2D eigenvalue weighted by atomic mass is 32.2. The Labute approximate surface area is 194 Å². The van der Waals surface area contributed by atoms with Crippen LogP contribution in [0, 0.1) is 17.8 Å². The first-order valence-electron chi connectivity index (χ1n) is 11.5. The van der Waals surface area contributed by atoms with Crippen LogP contribution in [0.15, 0.2) is 53.6 Å². The van der Waals surface area contributed by atoms with Gasteiger partial charge in [0.2, 0.25) is 0 Å². The molecule has 1 saturated carbocycles. The highest BCUT2D eigenvalue weighted by Crippen LogP contribution is 2.50. The van der Waals surface area contributed by atoms with Crippen molar-refractivity contribution >= 4 is 17.7 Å². The lowest BCUT2D eigenvalue weighted by atomic mass is 9.83. The van der Waals surface area contributed by atoms with Gasteiger partial charge in [-0.1, -0.05) is 44.2 Å². The highest BCUT2D eigenvalue weighted by molar-refractivity contribution is 8.03. The first kappa shape index (κ1) is 23.2. The van der Waals surface area contributed by atoms with Gasteiger partial charge in [-0.3, -0.25) is 0 Å². The summed E-state index contributed by atoms with van der Waals surface area (Å²) >= 11 is 1.52. The van der Waals surface area contributed by atoms with Gasteiger partial charge >= 0.3 is 5.97 Å². The third-order valence-corrected chi connectivity index (χ3v) is 8.49. The molecule has 0 radical (unpaired) electrons. The molecule has 6 nitrogen and oxygen atoms in total. The van der Waals surface area contributed by atoms with Crippen LogP contribution in [0.2, 0.25) is 0 Å². The lowest BCUT2D eigenvalue weighted by Gasteiger charge is -2.46. The number of fused-ring (bicyclic) bond motifs is 1. The molecule has 0 spiro atoms. The fourth-order valence-corrected chi connectivity index (χ4v) is 6.44. The van der Waals surface area contributed by atoms with Gasteiger partial charge in [-0.2, -0.15) is 0 Å². The summed E-state index contributed by atoms with van der Waals surface area (Å²) < 4.78 is 12.3. The largest absolute Gasteiger partial charge is 0.493 e. The molecule has 3 aliphatic rings. The number of nitrogens with one attached hydrogen (secondary N) is 1. The van der Waals surface area contributed by atoms with Gasteiger partial charge in [0.15, 0.2) is 0 Å². The summed E-state index contributed by atoms with van der Waals surface area (Å²) in [7, 11) is 0. The Morgan fingerprint density at radius 1 is 1.34 bits per heavy atom. The molecule has 2 fully saturated rings. The molecule has 1 aromatic rings. The first-order chi connectivity index (χ1) is 15.4. The molecule has 2 heterocycles. The molecule has 174 valence electrons. The predicted molar refractivity (Wildman–Crippen MR) is 125 cm³/mol. The van der Waals surface area contributed by atoms with Crippen molar-refractivity contribution < 1.29 is 24.5 Å². The standard InChI is InChI=1S/C25H33NO5S/c1-16(2)25(26-20(15-32-25)24(28)29)23-12-11-19-18(21(27)14-22(19)31-23)10-6-7-13-30-17-8-4-3-5-9-17/h3-6,8-10,15-16,18-19,21-23,26-27H,7,11-14H2,1-2H3,(H,28,29)/b10-6+/t18-,19-,21-,22+,23-,25?/m1/s1. The van der Waals surface area contributed by atoms with E-state index in [9.17, 15) is 15.0 Å². The quantitative estimate of drug-likeness (QED) is 0.397. The zero-order chi connectivity index (χ0) is 22.7. The van der Waals surface area contributed by atoms with Crippen molar-refractivity contribution in [3.8, 4) is 5.75 Å². The van der Waals surface area contributed by atoms with Crippen LogP contribution in [0.5, 0.6) is 5.75 Å². The fraction of sp³-hybridized carbons (Fsp3) is 0.560. The van der Waals surface area contributed by atoms with Crippen LogP contribution in [0.3, 0.4) is 0 Å². The minimum atomic E-state index is -0.938. The molecule has 0 bridgehead atoms. The topological polar surface area (TPSA) is 88.0 Å². The molecule has 0 aromatic heterocycles. The lowest BCUT2D eigenvalue weighted by molar-refractivity contribution is -0.133. The van der Waals surface area contributed by atoms with Crippen molar-refractivity contribution in [2.24, 2.45) is 17.8 Å². The van der Waals surface area contributed by atoms with Crippen molar-refractivity contribution in [1.82, 2.24) is 5.32 Å². The number of aliphatic carboxylic acids is 1. The number of hydrogen-bond donors (Lipinski definition) is 3. The number of para-hydroxylation sites is 1. The van der Waals surface area contributed by atoms with Crippen molar-refractivity contribution in [1.29, 1.82) is 0 Å². The van der Waals surface area contributed by atoms with Crippen LogP contribution < -0.4 is 10.1 Å². The fourth-order valence-electron chi connectivity index (χ4n) is 5.20. The second kappa shape index (κ2) is 9.89. The van der Waals surface area contributed by atoms with Gasteiger partial charge in [-0.25, -0.2) is 4.79 Å². The number of carboxylic acids is 1. The van der Waals surface area contributed by atoms with Gasteiger partial charge in [-0.05, 0) is 43.2 Å². The molecule has 1 aromatic carbocycles. The van der Waals surface area contributed by atoms with E-state index in [-0.39, 0.29) is 35.7 Å². The molecule has 4 rings (SSSR count). The van der Waals surface area contributed by atoms with Crippen LogP contribution in [-0.4, -0.2) is 46.0 Å². The number of carbonyl (C=O) groups is 1. The molecule has 32 heavy (non-hydrogen) atoms. The predicted octanol–water partition coefficient (Wildman–Crippen LogP) is 4.17. The van der Waals surface area contributed by atoms with Crippen LogP contribution in [0.1, 0.15) is 39.5 Å². The average molecular weight is 460 g/mol. The first-order valence-corrected chi connectivity index (χ1v) is 12.4. The van der Waals surface area contributed by atoms with Crippen molar-refractivity contribution in [3.63, 3.8) is 0 Å². The van der Waals surface area contributed by atoms with Crippen LogP contribution in [-0.2, 0) is 9.53 Å². The Balaban J connectivity index is 1.33. The molecule has 1 saturated heterocycles. The second-order valence-electron chi connectivity index (χ2n) is 9.19. The van der Waals surface area contributed by atoms with Crippen LogP contribution in [0.25, 0.3) is 0 Å². The van der Waals surface area contributed by atoms with E-state index in [1.807, 2.05) is 30.3 Å². The number of thioether (sulfide) groups is 1. The van der Waals surface area contributed by atoms with Crippen molar-refractivity contribution in [3.05, 3.63) is 53.6 Å². The summed E-state index contributed by atoms with van der Waals surface area (Å²) in [4.78, 5) is 11.0. The van der Waals surface area contributed by atoms with Gasteiger partial charge in [0.25, 0.3) is 0 Å². The van der Waals surface area contributed by atoms with E-state index in [4.69, 9.17) is 9.47 Å². The van der Waals surface area contributed by atoms with E-state index in [1.54, 1.807) is 5.41 Å². The summed E-state index contributed by atoms with van der Waals surface area (Å²) in [6, 6.07) is 9.77. The second-order valence-corrected chi connectivity index (χ2v) is 10.3. The van der Waals surface area contributed by atoms with Crippen molar-refractivity contribution in [2.75, 3.05) is 6.61 Å². The zero-order valence-electron chi connectivity index (χ0n) is 18.6. The van der Waals surface area contributed by atoms with Gasteiger partial charge < -0.3 is 25.0 Å². The summed E-state index contributed by atoms with van der Waals surface area (Å²) in [5.74, 6) is 0.492. The van der Waals surface area contributed by atoms with E-state index in [0.717, 1.165) is 25.0 Å². The summed E-state index contributed by atoms with van der Waals surface area (Å²) in [6.07, 6.45) is 6.93. The third-order valence-electron chi connectivity index (χ3n) is 6.91. The minimum Gasteiger partial charge on any atom is -0.493 e. The Bertz CT molecular complexity index is 857. The molecule has 1 aliphatic carbocycles. The molecule has 0 amide bonds. The van der Waals surface area contributed by atoms with Gasteiger partial charge in [0.05, 0.1) is 24.9 Å². The summed E-state index contributed by atoms with van der Waals surface area (Å²) in [5, 5.41) is 25.1. The van der Waals surface area contributed by atoms with Crippen molar-refractivity contribution in [2.45, 2.75) is 62.7 Å². The molecule has 1 unspecified atom stereocenters. The van der Waals surface area contributed by atoms with E-state index in [0.29, 0.717) is 13.0 Å². The maximum absolute atomic E-state index is 11.5. The van der Waals surface area contributed by atoms with Gasteiger partial charge in [0.1, 0.15) is 16.3 Å². The molecule has 2 aliphatic heterocycles. The number of rotatable bonds is 8. The number of aliphatic hydroxyl groups is 1. The van der Waals surface area contributed by atoms with Gasteiger partial charge in [-0.15, -0.1) is 11.8 Å². The zero-order valence-corrected chi connectivity index (χ0v) is 19.5. The summed E-state index contributed by atoms with van der Waals surface area (Å²) in [5.41, 5.74) is 0.236. The monoisotopic (exact) mass is 459 g/mol. The maximum Gasteiger partial charge on any atom is 0.352 e. The molecule has 6 atom stereocenters. The molecule has 7 heteroatoms. The van der Waals surface area contributed by atoms with E-state index < -0.39 is 16.9 Å². The Hall–Kier alpha value is -1.96. The Morgan fingerprint density at radius 3 is 2.81 bits per heavy atom. The normalized spacial score (nSPS) is 34.4. The van der Waals surface area contributed by atoms with E-state index >= 15 is 0 Å². The highest BCUT2D eigenvalue weighted by Gasteiger charge is 2.53. The van der Waals surface area contributed by atoms with E-state index in [1.165, 1.54) is 11.8 Å². The smallest absolute Gasteiger partial charge is 0.352 e. The molecular weight excluding hydrogens is 426 g/mol. The maximum atomic E-state index is 11.5. The SMILES string of the molecule is CC(C)C1([C@H]2CC[C@@H]3[C@@H](/C=C/CCOc4ccccc4)[C@H](O)C[C@@H]3O2)NC(C(=O)O)=CS1. The molecular formula is C25H33NO5S. The number of aliphatic hydroxyl groups excluding tert-OH is 1. The number of ether oxygens (including phenoxy) is 2. The number of hydrogen-bond acceptors (Lipinski definition) is 6. The Kier molecular flexibility index (Phi) is 7.17. The van der Waals surface area contributed by atoms with Crippen LogP contribution >= 0.6 is 11.8 Å².